The Kier molecular flexibility index (Phi) is 8.04. The number of rotatable bonds is 9. The number of fused-ring (bicyclic) bond motifs is 1. The number of anilines is 3. The number of allylic oxidation sites excluding steroid dienone is 1. The summed E-state index contributed by atoms with van der Waals surface area (Å²) in [5.74, 6) is 3.98. The number of aryl methyl sites for hydroxylation is 1. The molecule has 1 amide bonds. The SMILES string of the molecule is CCC/C=C/C(=O)Nc1cccc(Oc2nc(Nc3cccc(OC)c3)nc3c2CSCC3)c1. The normalized spacial score (nSPS) is 12.8. The molecule has 0 unspecified atom stereocenters. The number of nitrogens with one attached hydrogen (secondary N) is 2. The van der Waals surface area contributed by atoms with Crippen LogP contribution in [0, 0.1) is 0 Å². The van der Waals surface area contributed by atoms with Crippen molar-refractivity contribution in [3.8, 4) is 17.4 Å². The number of carbonyl (C=O) groups excluding carboxylic acids is 1. The van der Waals surface area contributed by atoms with E-state index in [2.05, 4.69) is 22.5 Å². The van der Waals surface area contributed by atoms with Crippen molar-refractivity contribution in [2.45, 2.75) is 31.9 Å². The number of unbranched alkanes of at least 4 members (excludes halogenated alkanes) is 1. The third kappa shape index (κ3) is 6.29. The maximum atomic E-state index is 12.1. The molecule has 2 aromatic carbocycles. The second kappa shape index (κ2) is 11.6. The van der Waals surface area contributed by atoms with Crippen LogP contribution in [0.3, 0.4) is 0 Å². The zero-order valence-corrected chi connectivity index (χ0v) is 20.2. The van der Waals surface area contributed by atoms with Crippen molar-refractivity contribution in [1.29, 1.82) is 0 Å². The molecule has 0 fully saturated rings. The molecule has 34 heavy (non-hydrogen) atoms. The van der Waals surface area contributed by atoms with Gasteiger partial charge in [0.2, 0.25) is 17.7 Å². The lowest BCUT2D eigenvalue weighted by Gasteiger charge is -2.19. The van der Waals surface area contributed by atoms with Gasteiger partial charge in [-0.1, -0.05) is 31.6 Å². The summed E-state index contributed by atoms with van der Waals surface area (Å²) in [6, 6.07) is 14.9. The van der Waals surface area contributed by atoms with Crippen molar-refractivity contribution in [3.05, 3.63) is 71.9 Å². The molecule has 0 saturated heterocycles. The Morgan fingerprint density at radius 2 is 1.91 bits per heavy atom. The van der Waals surface area contributed by atoms with E-state index in [0.29, 0.717) is 23.3 Å². The molecule has 7 nitrogen and oxygen atoms in total. The van der Waals surface area contributed by atoms with Crippen LogP contribution in [0.5, 0.6) is 17.4 Å². The Morgan fingerprint density at radius 1 is 1.12 bits per heavy atom. The van der Waals surface area contributed by atoms with Gasteiger partial charge in [-0.2, -0.15) is 16.7 Å². The van der Waals surface area contributed by atoms with Crippen molar-refractivity contribution in [1.82, 2.24) is 9.97 Å². The zero-order valence-electron chi connectivity index (χ0n) is 19.3. The number of hydrogen-bond donors (Lipinski definition) is 2. The van der Waals surface area contributed by atoms with Gasteiger partial charge >= 0.3 is 0 Å². The summed E-state index contributed by atoms with van der Waals surface area (Å²) >= 11 is 1.84. The minimum atomic E-state index is -0.161. The van der Waals surface area contributed by atoms with E-state index in [0.717, 1.165) is 53.5 Å². The predicted molar refractivity (Wildman–Crippen MR) is 137 cm³/mol. The third-order valence-electron chi connectivity index (χ3n) is 5.15. The highest BCUT2D eigenvalue weighted by molar-refractivity contribution is 7.98. The molecule has 176 valence electrons. The Balaban J connectivity index is 1.56. The van der Waals surface area contributed by atoms with Crippen molar-refractivity contribution in [2.24, 2.45) is 0 Å². The molecule has 4 rings (SSSR count). The Bertz CT molecular complexity index is 1180. The number of nitrogens with zero attached hydrogens (tertiary/aromatic N) is 2. The maximum Gasteiger partial charge on any atom is 0.248 e. The number of thioether (sulfide) groups is 1. The number of hydrogen-bond acceptors (Lipinski definition) is 7. The van der Waals surface area contributed by atoms with E-state index in [9.17, 15) is 4.79 Å². The highest BCUT2D eigenvalue weighted by atomic mass is 32.2. The first-order valence-electron chi connectivity index (χ1n) is 11.3. The minimum Gasteiger partial charge on any atom is -0.497 e. The topological polar surface area (TPSA) is 85.4 Å². The molecule has 0 aliphatic carbocycles. The summed E-state index contributed by atoms with van der Waals surface area (Å²) in [6.45, 7) is 2.07. The van der Waals surface area contributed by atoms with Crippen molar-refractivity contribution >= 4 is 35.0 Å². The lowest BCUT2D eigenvalue weighted by molar-refractivity contribution is -0.111. The van der Waals surface area contributed by atoms with E-state index in [4.69, 9.17) is 14.5 Å². The Labute approximate surface area is 204 Å². The quantitative estimate of drug-likeness (QED) is 0.361. The van der Waals surface area contributed by atoms with Crippen LogP contribution in [0.15, 0.2) is 60.7 Å². The lowest BCUT2D eigenvalue weighted by Crippen LogP contribution is -2.11. The first-order chi connectivity index (χ1) is 16.6. The molecule has 2 heterocycles. The fourth-order valence-corrected chi connectivity index (χ4v) is 4.44. The Morgan fingerprint density at radius 3 is 2.74 bits per heavy atom. The standard InChI is InChI=1S/C26H28N4O3S/c1-3-4-5-12-24(31)27-18-8-7-11-21(16-18)33-25-22-17-34-14-13-23(22)29-26(30-25)28-19-9-6-10-20(15-19)32-2/h5-12,15-16H,3-4,13-14,17H2,1-2H3,(H,27,31)(H,28,29,30)/b12-5+. The van der Waals surface area contributed by atoms with Crippen LogP contribution in [0.2, 0.25) is 0 Å². The van der Waals surface area contributed by atoms with Crippen LogP contribution in [0.4, 0.5) is 17.3 Å². The van der Waals surface area contributed by atoms with Crippen LogP contribution >= 0.6 is 11.8 Å². The molecule has 0 bridgehead atoms. The number of ether oxygens (including phenoxy) is 2. The average molecular weight is 477 g/mol. The number of methoxy groups -OCH3 is 1. The van der Waals surface area contributed by atoms with Crippen molar-refractivity contribution < 1.29 is 14.3 Å². The fraction of sp³-hybridized carbons (Fsp3) is 0.269. The van der Waals surface area contributed by atoms with Crippen LogP contribution < -0.4 is 20.1 Å². The maximum absolute atomic E-state index is 12.1. The number of aromatic nitrogens is 2. The summed E-state index contributed by atoms with van der Waals surface area (Å²) < 4.78 is 11.5. The lowest BCUT2D eigenvalue weighted by atomic mass is 10.2. The molecule has 1 aromatic heterocycles. The van der Waals surface area contributed by atoms with Crippen molar-refractivity contribution in [2.75, 3.05) is 23.5 Å². The van der Waals surface area contributed by atoms with Gasteiger partial charge in [0, 0.05) is 34.8 Å². The van der Waals surface area contributed by atoms with Gasteiger partial charge < -0.3 is 20.1 Å². The van der Waals surface area contributed by atoms with E-state index < -0.39 is 0 Å². The molecule has 0 saturated carbocycles. The molecule has 2 N–H and O–H groups in total. The molecule has 1 aliphatic rings. The predicted octanol–water partition coefficient (Wildman–Crippen LogP) is 6.11. The van der Waals surface area contributed by atoms with Crippen LogP contribution in [-0.4, -0.2) is 28.7 Å². The second-order valence-corrected chi connectivity index (χ2v) is 8.85. The summed E-state index contributed by atoms with van der Waals surface area (Å²) in [4.78, 5) is 21.5. The van der Waals surface area contributed by atoms with Gasteiger partial charge in [-0.25, -0.2) is 4.98 Å². The monoisotopic (exact) mass is 476 g/mol. The second-order valence-electron chi connectivity index (χ2n) is 7.75. The number of carbonyl (C=O) groups is 1. The molecular formula is C26H28N4O3S. The molecule has 3 aromatic rings. The van der Waals surface area contributed by atoms with Gasteiger partial charge in [0.15, 0.2) is 0 Å². The summed E-state index contributed by atoms with van der Waals surface area (Å²) in [5.41, 5.74) is 3.48. The van der Waals surface area contributed by atoms with Gasteiger partial charge in [-0.05, 0) is 48.9 Å². The van der Waals surface area contributed by atoms with E-state index in [1.807, 2.05) is 60.3 Å². The highest BCUT2D eigenvalue weighted by Crippen LogP contribution is 2.34. The summed E-state index contributed by atoms with van der Waals surface area (Å²) in [5, 5.41) is 6.14. The van der Waals surface area contributed by atoms with Gasteiger partial charge in [0.05, 0.1) is 12.8 Å². The van der Waals surface area contributed by atoms with E-state index >= 15 is 0 Å². The van der Waals surface area contributed by atoms with Gasteiger partial charge in [-0.15, -0.1) is 0 Å². The van der Waals surface area contributed by atoms with E-state index in [1.54, 1.807) is 19.3 Å². The molecule has 0 atom stereocenters. The minimum absolute atomic E-state index is 0.161. The smallest absolute Gasteiger partial charge is 0.248 e. The largest absolute Gasteiger partial charge is 0.497 e. The molecule has 0 spiro atoms. The van der Waals surface area contributed by atoms with Crippen LogP contribution in [0.25, 0.3) is 0 Å². The fourth-order valence-electron chi connectivity index (χ4n) is 3.46. The third-order valence-corrected chi connectivity index (χ3v) is 6.14. The highest BCUT2D eigenvalue weighted by Gasteiger charge is 2.20. The molecule has 1 aliphatic heterocycles. The molecule has 8 heteroatoms. The van der Waals surface area contributed by atoms with E-state index in [-0.39, 0.29) is 5.91 Å². The van der Waals surface area contributed by atoms with E-state index in [1.165, 1.54) is 0 Å². The summed E-state index contributed by atoms with van der Waals surface area (Å²) in [6.07, 6.45) is 6.16. The summed E-state index contributed by atoms with van der Waals surface area (Å²) in [7, 11) is 1.64. The van der Waals surface area contributed by atoms with Gasteiger partial charge in [0.25, 0.3) is 0 Å². The number of benzene rings is 2. The zero-order chi connectivity index (χ0) is 23.8. The molecular weight excluding hydrogens is 448 g/mol. The first-order valence-corrected chi connectivity index (χ1v) is 12.4. The Hall–Kier alpha value is -3.52. The molecule has 0 radical (unpaired) electrons. The number of amides is 1. The first kappa shape index (κ1) is 23.6. The van der Waals surface area contributed by atoms with Crippen LogP contribution in [-0.2, 0) is 17.0 Å². The van der Waals surface area contributed by atoms with Crippen molar-refractivity contribution in [3.63, 3.8) is 0 Å². The van der Waals surface area contributed by atoms with Gasteiger partial charge in [-0.3, -0.25) is 4.79 Å². The average Bonchev–Trinajstić information content (AvgIpc) is 2.84. The van der Waals surface area contributed by atoms with Crippen LogP contribution in [0.1, 0.15) is 31.0 Å². The van der Waals surface area contributed by atoms with Gasteiger partial charge in [0.1, 0.15) is 11.5 Å².